The summed E-state index contributed by atoms with van der Waals surface area (Å²) in [5, 5.41) is 10.9. The van der Waals surface area contributed by atoms with Crippen molar-refractivity contribution in [2.45, 2.75) is 58.0 Å². The van der Waals surface area contributed by atoms with Gasteiger partial charge in [0.15, 0.2) is 0 Å². The molecule has 0 spiro atoms. The van der Waals surface area contributed by atoms with E-state index in [9.17, 15) is 5.11 Å². The second-order valence-corrected chi connectivity index (χ2v) is 6.80. The molecule has 110 valence electrons. The normalized spacial score (nSPS) is 32.8. The van der Waals surface area contributed by atoms with Crippen molar-refractivity contribution in [1.82, 2.24) is 0 Å². The lowest BCUT2D eigenvalue weighted by Crippen LogP contribution is -2.43. The Morgan fingerprint density at radius 2 is 2.20 bits per heavy atom. The second kappa shape index (κ2) is 5.40. The van der Waals surface area contributed by atoms with Crippen molar-refractivity contribution in [3.8, 4) is 5.75 Å². The maximum atomic E-state index is 10.9. The number of aliphatic hydroxyl groups is 1. The van der Waals surface area contributed by atoms with E-state index in [-0.39, 0.29) is 0 Å². The van der Waals surface area contributed by atoms with E-state index in [1.807, 2.05) is 0 Å². The molecule has 1 N–H and O–H groups in total. The summed E-state index contributed by atoms with van der Waals surface area (Å²) in [6, 6.07) is 6.52. The van der Waals surface area contributed by atoms with Crippen molar-refractivity contribution >= 4 is 0 Å². The molecule has 2 nitrogen and oxygen atoms in total. The largest absolute Gasteiger partial charge is 0.493 e. The van der Waals surface area contributed by atoms with Crippen LogP contribution in [0.15, 0.2) is 18.2 Å². The lowest BCUT2D eigenvalue weighted by Gasteiger charge is -2.42. The number of hydrogen-bond donors (Lipinski definition) is 1. The average Bonchev–Trinajstić information content (AvgIpc) is 2.90. The standard InChI is InChI=1S/C18H26O2/c1-13-4-3-9-18(19,14(13)2)10-7-15-5-6-17-16(12-15)8-11-20-17/h5-6,12-14,19H,3-4,7-11H2,1-2H3. The van der Waals surface area contributed by atoms with Crippen LogP contribution in [-0.2, 0) is 12.8 Å². The van der Waals surface area contributed by atoms with Crippen molar-refractivity contribution in [1.29, 1.82) is 0 Å². The molecule has 3 rings (SSSR count). The smallest absolute Gasteiger partial charge is 0.122 e. The molecule has 0 bridgehead atoms. The van der Waals surface area contributed by atoms with Crippen LogP contribution in [0.1, 0.15) is 50.7 Å². The number of fused-ring (bicyclic) bond motifs is 1. The third-order valence-corrected chi connectivity index (χ3v) is 5.57. The summed E-state index contributed by atoms with van der Waals surface area (Å²) in [6.45, 7) is 5.32. The molecule has 3 atom stereocenters. The first-order valence-electron chi connectivity index (χ1n) is 8.05. The first-order chi connectivity index (χ1) is 9.58. The highest BCUT2D eigenvalue weighted by molar-refractivity contribution is 5.39. The number of hydrogen-bond acceptors (Lipinski definition) is 2. The minimum Gasteiger partial charge on any atom is -0.493 e. The molecule has 1 aromatic carbocycles. The monoisotopic (exact) mass is 274 g/mol. The fourth-order valence-electron chi connectivity index (χ4n) is 3.85. The zero-order chi connectivity index (χ0) is 14.2. The van der Waals surface area contributed by atoms with Crippen LogP contribution in [-0.4, -0.2) is 17.3 Å². The summed E-state index contributed by atoms with van der Waals surface area (Å²) in [6.07, 6.45) is 6.28. The number of aryl methyl sites for hydroxylation is 1. The Labute approximate surface area is 122 Å². The summed E-state index contributed by atoms with van der Waals surface area (Å²) in [5.74, 6) is 2.10. The van der Waals surface area contributed by atoms with Crippen LogP contribution < -0.4 is 4.74 Å². The van der Waals surface area contributed by atoms with E-state index >= 15 is 0 Å². The lowest BCUT2D eigenvalue weighted by atomic mass is 9.68. The van der Waals surface area contributed by atoms with Crippen LogP contribution in [0.25, 0.3) is 0 Å². The molecule has 20 heavy (non-hydrogen) atoms. The number of rotatable bonds is 3. The third-order valence-electron chi connectivity index (χ3n) is 5.57. The van der Waals surface area contributed by atoms with Gasteiger partial charge in [0.05, 0.1) is 12.2 Å². The van der Waals surface area contributed by atoms with Gasteiger partial charge >= 0.3 is 0 Å². The van der Waals surface area contributed by atoms with Crippen molar-refractivity contribution < 1.29 is 9.84 Å². The van der Waals surface area contributed by atoms with E-state index in [4.69, 9.17) is 4.74 Å². The van der Waals surface area contributed by atoms with Crippen LogP contribution in [0, 0.1) is 11.8 Å². The highest BCUT2D eigenvalue weighted by Gasteiger charge is 2.39. The molecule has 1 saturated carbocycles. The van der Waals surface area contributed by atoms with Crippen LogP contribution >= 0.6 is 0 Å². The highest BCUT2D eigenvalue weighted by atomic mass is 16.5. The molecular weight excluding hydrogens is 248 g/mol. The van der Waals surface area contributed by atoms with Gasteiger partial charge in [-0.3, -0.25) is 0 Å². The predicted molar refractivity (Wildman–Crippen MR) is 81.1 cm³/mol. The minimum absolute atomic E-state index is 0.411. The molecular formula is C18H26O2. The average molecular weight is 274 g/mol. The fourth-order valence-corrected chi connectivity index (χ4v) is 3.85. The molecule has 2 aliphatic rings. The molecule has 3 unspecified atom stereocenters. The summed E-state index contributed by atoms with van der Waals surface area (Å²) in [4.78, 5) is 0. The highest BCUT2D eigenvalue weighted by Crippen LogP contribution is 2.40. The van der Waals surface area contributed by atoms with Crippen molar-refractivity contribution in [2.75, 3.05) is 6.61 Å². The van der Waals surface area contributed by atoms with Crippen molar-refractivity contribution in [2.24, 2.45) is 11.8 Å². The molecule has 0 radical (unpaired) electrons. The Kier molecular flexibility index (Phi) is 3.76. The van der Waals surface area contributed by atoms with Crippen LogP contribution in [0.2, 0.25) is 0 Å². The van der Waals surface area contributed by atoms with Crippen molar-refractivity contribution in [3.63, 3.8) is 0 Å². The summed E-state index contributed by atoms with van der Waals surface area (Å²) in [7, 11) is 0. The quantitative estimate of drug-likeness (QED) is 0.910. The Hall–Kier alpha value is -1.02. The maximum absolute atomic E-state index is 10.9. The van der Waals surface area contributed by atoms with E-state index in [0.717, 1.165) is 38.0 Å². The van der Waals surface area contributed by atoms with Gasteiger partial charge in [0.25, 0.3) is 0 Å². The molecule has 1 heterocycles. The van der Waals surface area contributed by atoms with Crippen LogP contribution in [0.3, 0.4) is 0 Å². The molecule has 1 fully saturated rings. The second-order valence-electron chi connectivity index (χ2n) is 6.80. The first kappa shape index (κ1) is 13.9. The summed E-state index contributed by atoms with van der Waals surface area (Å²) >= 11 is 0. The molecule has 1 aliphatic carbocycles. The fraction of sp³-hybridized carbons (Fsp3) is 0.667. The Morgan fingerprint density at radius 1 is 1.35 bits per heavy atom. The lowest BCUT2D eigenvalue weighted by molar-refractivity contribution is -0.0684. The zero-order valence-corrected chi connectivity index (χ0v) is 12.7. The van der Waals surface area contributed by atoms with E-state index in [0.29, 0.717) is 11.8 Å². The maximum Gasteiger partial charge on any atom is 0.122 e. The van der Waals surface area contributed by atoms with E-state index in [1.54, 1.807) is 0 Å². The zero-order valence-electron chi connectivity index (χ0n) is 12.7. The molecule has 2 heteroatoms. The topological polar surface area (TPSA) is 29.5 Å². The molecule has 1 aliphatic heterocycles. The van der Waals surface area contributed by atoms with Gasteiger partial charge < -0.3 is 9.84 Å². The molecule has 1 aromatic rings. The Morgan fingerprint density at radius 3 is 3.05 bits per heavy atom. The Balaban J connectivity index is 1.66. The van der Waals surface area contributed by atoms with E-state index < -0.39 is 5.60 Å². The summed E-state index contributed by atoms with van der Waals surface area (Å²) in [5.41, 5.74) is 2.21. The van der Waals surface area contributed by atoms with Gasteiger partial charge in [-0.15, -0.1) is 0 Å². The van der Waals surface area contributed by atoms with Crippen LogP contribution in [0.5, 0.6) is 5.75 Å². The molecule has 0 saturated heterocycles. The van der Waals surface area contributed by atoms with Crippen LogP contribution in [0.4, 0.5) is 0 Å². The van der Waals surface area contributed by atoms with Gasteiger partial charge in [-0.2, -0.15) is 0 Å². The number of ether oxygens (including phenoxy) is 1. The Bertz CT molecular complexity index is 482. The molecule has 0 amide bonds. The number of benzene rings is 1. The van der Waals surface area contributed by atoms with Gasteiger partial charge in [-0.1, -0.05) is 38.8 Å². The van der Waals surface area contributed by atoms with Gasteiger partial charge in [-0.25, -0.2) is 0 Å². The summed E-state index contributed by atoms with van der Waals surface area (Å²) < 4.78 is 5.55. The van der Waals surface area contributed by atoms with Gasteiger partial charge in [0.2, 0.25) is 0 Å². The van der Waals surface area contributed by atoms with Gasteiger partial charge in [0.1, 0.15) is 5.75 Å². The molecule has 0 aromatic heterocycles. The van der Waals surface area contributed by atoms with E-state index in [1.165, 1.54) is 24.0 Å². The first-order valence-corrected chi connectivity index (χ1v) is 8.05. The third kappa shape index (κ3) is 2.58. The van der Waals surface area contributed by atoms with Gasteiger partial charge in [-0.05, 0) is 48.3 Å². The van der Waals surface area contributed by atoms with Crippen molar-refractivity contribution in [3.05, 3.63) is 29.3 Å². The predicted octanol–water partition coefficient (Wildman–Crippen LogP) is 3.74. The SMILES string of the molecule is CC1CCCC(O)(CCc2ccc3c(c2)CCO3)C1C. The van der Waals surface area contributed by atoms with E-state index in [2.05, 4.69) is 32.0 Å². The van der Waals surface area contributed by atoms with Gasteiger partial charge in [0, 0.05) is 6.42 Å². The minimum atomic E-state index is -0.465.